The first-order valence-corrected chi connectivity index (χ1v) is 7.81. The van der Waals surface area contributed by atoms with Crippen LogP contribution in [0.4, 0.5) is 10.1 Å². The molecular weight excluding hydrogens is 319 g/mol. The van der Waals surface area contributed by atoms with Gasteiger partial charge in [0.2, 0.25) is 0 Å². The highest BCUT2D eigenvalue weighted by Crippen LogP contribution is 2.28. The molecule has 25 heavy (non-hydrogen) atoms. The average molecular weight is 334 g/mol. The standard InChI is InChI=1S/C20H15FN2O2/c1-2-18-17(16-5-3-4-6-19(16)25-18)11-13(12-22)20(24)23-15-9-7-14(21)8-10-15/h3-11H,2H2,1H3,(H,23,24)/b13-11+. The lowest BCUT2D eigenvalue weighted by Crippen LogP contribution is -2.13. The number of carbonyl (C=O) groups is 1. The van der Waals surface area contributed by atoms with E-state index in [1.54, 1.807) is 0 Å². The molecule has 0 spiro atoms. The highest BCUT2D eigenvalue weighted by molar-refractivity contribution is 6.10. The molecule has 0 aliphatic rings. The van der Waals surface area contributed by atoms with E-state index in [1.807, 2.05) is 37.3 Å². The number of carbonyl (C=O) groups excluding carboxylic acids is 1. The van der Waals surface area contributed by atoms with E-state index in [0.717, 1.165) is 10.9 Å². The summed E-state index contributed by atoms with van der Waals surface area (Å²) in [6.45, 7) is 1.94. The van der Waals surface area contributed by atoms with E-state index in [4.69, 9.17) is 4.42 Å². The van der Waals surface area contributed by atoms with Crippen LogP contribution in [0.3, 0.4) is 0 Å². The van der Waals surface area contributed by atoms with Gasteiger partial charge in [-0.2, -0.15) is 5.26 Å². The van der Waals surface area contributed by atoms with E-state index in [0.29, 0.717) is 23.5 Å². The summed E-state index contributed by atoms with van der Waals surface area (Å²) in [4.78, 5) is 12.4. The maximum atomic E-state index is 12.9. The molecule has 2 aromatic carbocycles. The van der Waals surface area contributed by atoms with Gasteiger partial charge in [0, 0.05) is 23.1 Å². The minimum Gasteiger partial charge on any atom is -0.460 e. The predicted molar refractivity (Wildman–Crippen MR) is 94.2 cm³/mol. The Kier molecular flexibility index (Phi) is 4.62. The van der Waals surface area contributed by atoms with E-state index in [-0.39, 0.29) is 5.57 Å². The Balaban J connectivity index is 1.96. The van der Waals surface area contributed by atoms with Gasteiger partial charge in [-0.05, 0) is 36.4 Å². The first-order valence-electron chi connectivity index (χ1n) is 7.81. The first kappa shape index (κ1) is 16.5. The molecule has 3 aromatic rings. The van der Waals surface area contributed by atoms with Gasteiger partial charge < -0.3 is 9.73 Å². The number of fused-ring (bicyclic) bond motifs is 1. The zero-order chi connectivity index (χ0) is 17.8. The zero-order valence-electron chi connectivity index (χ0n) is 13.5. The minimum atomic E-state index is -0.554. The van der Waals surface area contributed by atoms with Gasteiger partial charge in [-0.15, -0.1) is 0 Å². The number of anilines is 1. The van der Waals surface area contributed by atoms with Crippen LogP contribution in [-0.2, 0) is 11.2 Å². The van der Waals surface area contributed by atoms with Crippen LogP contribution in [0.5, 0.6) is 0 Å². The van der Waals surface area contributed by atoms with Gasteiger partial charge in [-0.3, -0.25) is 4.79 Å². The summed E-state index contributed by atoms with van der Waals surface area (Å²) in [5.74, 6) is -0.239. The normalized spacial score (nSPS) is 11.3. The lowest BCUT2D eigenvalue weighted by molar-refractivity contribution is -0.112. The number of nitrogens with zero attached hydrogens (tertiary/aromatic N) is 1. The van der Waals surface area contributed by atoms with Crippen molar-refractivity contribution in [2.24, 2.45) is 0 Å². The zero-order valence-corrected chi connectivity index (χ0v) is 13.5. The molecule has 1 heterocycles. The number of nitriles is 1. The number of rotatable bonds is 4. The van der Waals surface area contributed by atoms with E-state index >= 15 is 0 Å². The van der Waals surface area contributed by atoms with Crippen molar-refractivity contribution in [1.29, 1.82) is 5.26 Å². The van der Waals surface area contributed by atoms with E-state index in [1.165, 1.54) is 30.3 Å². The van der Waals surface area contributed by atoms with Gasteiger partial charge in [0.15, 0.2) is 0 Å². The monoisotopic (exact) mass is 334 g/mol. The molecule has 0 saturated heterocycles. The smallest absolute Gasteiger partial charge is 0.266 e. The Morgan fingerprint density at radius 2 is 1.96 bits per heavy atom. The second-order valence-corrected chi connectivity index (χ2v) is 5.42. The summed E-state index contributed by atoms with van der Waals surface area (Å²) in [7, 11) is 0. The molecule has 5 heteroatoms. The van der Waals surface area contributed by atoms with E-state index < -0.39 is 11.7 Å². The van der Waals surface area contributed by atoms with E-state index in [9.17, 15) is 14.4 Å². The van der Waals surface area contributed by atoms with Crippen LogP contribution in [0.2, 0.25) is 0 Å². The van der Waals surface area contributed by atoms with Gasteiger partial charge in [0.25, 0.3) is 5.91 Å². The molecule has 4 nitrogen and oxygen atoms in total. The average Bonchev–Trinajstić information content (AvgIpc) is 2.99. The number of para-hydroxylation sites is 1. The van der Waals surface area contributed by atoms with Crippen molar-refractivity contribution in [2.45, 2.75) is 13.3 Å². The van der Waals surface area contributed by atoms with Gasteiger partial charge >= 0.3 is 0 Å². The second-order valence-electron chi connectivity index (χ2n) is 5.42. The summed E-state index contributed by atoms with van der Waals surface area (Å²) in [6.07, 6.45) is 2.17. The van der Waals surface area contributed by atoms with Crippen molar-refractivity contribution >= 4 is 28.6 Å². The van der Waals surface area contributed by atoms with Crippen LogP contribution in [-0.4, -0.2) is 5.91 Å². The number of nitrogens with one attached hydrogen (secondary N) is 1. The Bertz CT molecular complexity index is 995. The van der Waals surface area contributed by atoms with Crippen LogP contribution in [0.15, 0.2) is 58.5 Å². The Morgan fingerprint density at radius 3 is 2.64 bits per heavy atom. The summed E-state index contributed by atoms with van der Waals surface area (Å²) in [5, 5.41) is 12.8. The van der Waals surface area contributed by atoms with Crippen molar-refractivity contribution in [3.63, 3.8) is 0 Å². The Morgan fingerprint density at radius 1 is 1.24 bits per heavy atom. The number of furan rings is 1. The number of benzene rings is 2. The number of hydrogen-bond donors (Lipinski definition) is 1. The molecule has 1 N–H and O–H groups in total. The predicted octanol–water partition coefficient (Wildman–Crippen LogP) is 4.68. The number of amides is 1. The SMILES string of the molecule is CCc1oc2ccccc2c1/C=C(\C#N)C(=O)Nc1ccc(F)cc1. The fourth-order valence-corrected chi connectivity index (χ4v) is 2.56. The maximum absolute atomic E-state index is 12.9. The molecule has 1 aromatic heterocycles. The van der Waals surface area contributed by atoms with Gasteiger partial charge in [-0.25, -0.2) is 4.39 Å². The van der Waals surface area contributed by atoms with Crippen molar-refractivity contribution in [3.05, 3.63) is 71.2 Å². The Labute approximate surface area is 144 Å². The fourth-order valence-electron chi connectivity index (χ4n) is 2.56. The molecule has 0 aliphatic heterocycles. The molecule has 0 radical (unpaired) electrons. The third-order valence-corrected chi connectivity index (χ3v) is 3.79. The maximum Gasteiger partial charge on any atom is 0.266 e. The molecule has 0 saturated carbocycles. The second kappa shape index (κ2) is 7.02. The molecule has 0 bridgehead atoms. The number of aryl methyl sites for hydroxylation is 1. The lowest BCUT2D eigenvalue weighted by atomic mass is 10.1. The molecule has 0 aliphatic carbocycles. The van der Waals surface area contributed by atoms with Crippen LogP contribution >= 0.6 is 0 Å². The lowest BCUT2D eigenvalue weighted by Gasteiger charge is -2.04. The molecule has 3 rings (SSSR count). The summed E-state index contributed by atoms with van der Waals surface area (Å²) in [5.41, 5.74) is 1.80. The third-order valence-electron chi connectivity index (χ3n) is 3.79. The fraction of sp³-hybridized carbons (Fsp3) is 0.100. The van der Waals surface area contributed by atoms with Gasteiger partial charge in [0.05, 0.1) is 0 Å². The third kappa shape index (κ3) is 3.43. The van der Waals surface area contributed by atoms with Crippen molar-refractivity contribution < 1.29 is 13.6 Å². The minimum absolute atomic E-state index is 0.0504. The van der Waals surface area contributed by atoms with Crippen LogP contribution in [0.1, 0.15) is 18.2 Å². The molecule has 0 atom stereocenters. The van der Waals surface area contributed by atoms with Crippen molar-refractivity contribution in [1.82, 2.24) is 0 Å². The first-order chi connectivity index (χ1) is 12.1. The van der Waals surface area contributed by atoms with Crippen LogP contribution in [0, 0.1) is 17.1 Å². The summed E-state index contributed by atoms with van der Waals surface area (Å²) in [6, 6.07) is 14.7. The topological polar surface area (TPSA) is 66.0 Å². The van der Waals surface area contributed by atoms with Crippen molar-refractivity contribution in [3.8, 4) is 6.07 Å². The molecular formula is C20H15FN2O2. The summed E-state index contributed by atoms with van der Waals surface area (Å²) >= 11 is 0. The highest BCUT2D eigenvalue weighted by Gasteiger charge is 2.15. The van der Waals surface area contributed by atoms with Crippen molar-refractivity contribution in [2.75, 3.05) is 5.32 Å². The number of hydrogen-bond acceptors (Lipinski definition) is 3. The highest BCUT2D eigenvalue weighted by atomic mass is 19.1. The molecule has 124 valence electrons. The number of halogens is 1. The molecule has 0 fully saturated rings. The van der Waals surface area contributed by atoms with Gasteiger partial charge in [-0.1, -0.05) is 25.1 Å². The largest absolute Gasteiger partial charge is 0.460 e. The Hall–Kier alpha value is -3.39. The van der Waals surface area contributed by atoms with E-state index in [2.05, 4.69) is 5.32 Å². The molecule has 1 amide bonds. The quantitative estimate of drug-likeness (QED) is 0.556. The van der Waals surface area contributed by atoms with Gasteiger partial charge in [0.1, 0.15) is 28.8 Å². The molecule has 0 unspecified atom stereocenters. The van der Waals surface area contributed by atoms with Crippen LogP contribution in [0.25, 0.3) is 17.0 Å². The summed E-state index contributed by atoms with van der Waals surface area (Å²) < 4.78 is 18.7. The van der Waals surface area contributed by atoms with Crippen LogP contribution < -0.4 is 5.32 Å².